The van der Waals surface area contributed by atoms with Crippen molar-refractivity contribution in [3.8, 4) is 0 Å². The average molecular weight is 330 g/mol. The van der Waals surface area contributed by atoms with Crippen LogP contribution in [0.1, 0.15) is 32.1 Å². The molecule has 2 aromatic rings. The van der Waals surface area contributed by atoms with Crippen molar-refractivity contribution >= 4 is 17.0 Å². The lowest BCUT2D eigenvalue weighted by Gasteiger charge is -2.27. The van der Waals surface area contributed by atoms with Crippen LogP contribution in [0, 0.1) is 0 Å². The molecule has 4 heterocycles. The largest absolute Gasteiger partial charge is 0.378 e. The van der Waals surface area contributed by atoms with Gasteiger partial charge in [-0.15, -0.1) is 0 Å². The molecule has 7 nitrogen and oxygen atoms in total. The normalized spacial score (nSPS) is 22.2. The first-order chi connectivity index (χ1) is 11.9. The predicted octanol–water partition coefficient (Wildman–Crippen LogP) is 1.59. The molecule has 130 valence electrons. The molecular weight excluding hydrogens is 304 g/mol. The summed E-state index contributed by atoms with van der Waals surface area (Å²) in [6.07, 6.45) is 9.95. The zero-order valence-corrected chi connectivity index (χ0v) is 14.2. The molecule has 0 amide bonds. The third-order valence-corrected chi connectivity index (χ3v) is 5.06. The van der Waals surface area contributed by atoms with E-state index in [1.54, 1.807) is 6.33 Å². The molecule has 0 unspecified atom stereocenters. The van der Waals surface area contributed by atoms with Crippen LogP contribution < -0.4 is 10.2 Å². The fourth-order valence-electron chi connectivity index (χ4n) is 3.72. The van der Waals surface area contributed by atoms with Crippen molar-refractivity contribution in [2.24, 2.45) is 0 Å². The zero-order chi connectivity index (χ0) is 16.2. The molecule has 2 aliphatic heterocycles. The van der Waals surface area contributed by atoms with E-state index in [1.165, 1.54) is 32.2 Å². The van der Waals surface area contributed by atoms with Crippen LogP contribution in [0.3, 0.4) is 0 Å². The second-order valence-electron chi connectivity index (χ2n) is 6.70. The highest BCUT2D eigenvalue weighted by atomic mass is 16.5. The van der Waals surface area contributed by atoms with Crippen molar-refractivity contribution in [1.29, 1.82) is 0 Å². The predicted molar refractivity (Wildman–Crippen MR) is 93.2 cm³/mol. The molecule has 0 bridgehead atoms. The van der Waals surface area contributed by atoms with Crippen molar-refractivity contribution in [2.75, 3.05) is 37.7 Å². The molecule has 1 atom stereocenters. The van der Waals surface area contributed by atoms with Crippen LogP contribution in [-0.4, -0.2) is 58.4 Å². The van der Waals surface area contributed by atoms with Gasteiger partial charge in [0, 0.05) is 25.7 Å². The number of fused-ring (bicyclic) bond motifs is 1. The smallest absolute Gasteiger partial charge is 0.165 e. The Hall–Kier alpha value is -1.73. The summed E-state index contributed by atoms with van der Waals surface area (Å²) in [5, 5.41) is 3.62. The van der Waals surface area contributed by atoms with Crippen LogP contribution in [0.2, 0.25) is 0 Å². The van der Waals surface area contributed by atoms with Crippen LogP contribution >= 0.6 is 0 Å². The minimum absolute atomic E-state index is 0.687. The van der Waals surface area contributed by atoms with E-state index in [0.29, 0.717) is 6.04 Å². The van der Waals surface area contributed by atoms with Crippen molar-refractivity contribution < 1.29 is 4.74 Å². The van der Waals surface area contributed by atoms with E-state index >= 15 is 0 Å². The first kappa shape index (κ1) is 15.8. The molecule has 1 N–H and O–H groups in total. The summed E-state index contributed by atoms with van der Waals surface area (Å²) in [5.74, 6) is 0.941. The summed E-state index contributed by atoms with van der Waals surface area (Å²) in [6.45, 7) is 5.38. The number of ether oxygens (including phenoxy) is 1. The number of imidazole rings is 1. The van der Waals surface area contributed by atoms with Crippen molar-refractivity contribution in [1.82, 2.24) is 24.8 Å². The van der Waals surface area contributed by atoms with Gasteiger partial charge in [-0.1, -0.05) is 6.42 Å². The zero-order valence-electron chi connectivity index (χ0n) is 14.2. The van der Waals surface area contributed by atoms with E-state index in [2.05, 4.69) is 29.7 Å². The topological polar surface area (TPSA) is 68.1 Å². The second kappa shape index (κ2) is 7.44. The van der Waals surface area contributed by atoms with Gasteiger partial charge in [-0.3, -0.25) is 0 Å². The second-order valence-corrected chi connectivity index (χ2v) is 6.70. The van der Waals surface area contributed by atoms with E-state index in [0.717, 1.165) is 56.3 Å². The Labute approximate surface area is 142 Å². The van der Waals surface area contributed by atoms with E-state index in [4.69, 9.17) is 4.74 Å². The maximum Gasteiger partial charge on any atom is 0.165 e. The van der Waals surface area contributed by atoms with Gasteiger partial charge < -0.3 is 19.5 Å². The van der Waals surface area contributed by atoms with Crippen LogP contribution in [0.25, 0.3) is 11.2 Å². The van der Waals surface area contributed by atoms with Gasteiger partial charge in [0.15, 0.2) is 17.0 Å². The molecule has 2 fully saturated rings. The number of piperidine rings is 1. The third-order valence-electron chi connectivity index (χ3n) is 5.06. The van der Waals surface area contributed by atoms with Gasteiger partial charge in [0.25, 0.3) is 0 Å². The fourth-order valence-corrected chi connectivity index (χ4v) is 3.72. The van der Waals surface area contributed by atoms with Crippen LogP contribution in [0.4, 0.5) is 5.82 Å². The van der Waals surface area contributed by atoms with Gasteiger partial charge in [-0.25, -0.2) is 15.0 Å². The van der Waals surface area contributed by atoms with Gasteiger partial charge in [0.05, 0.1) is 19.5 Å². The average Bonchev–Trinajstić information content (AvgIpc) is 3.07. The Balaban J connectivity index is 1.44. The van der Waals surface area contributed by atoms with Crippen LogP contribution in [0.5, 0.6) is 0 Å². The highest BCUT2D eigenvalue weighted by Gasteiger charge is 2.18. The van der Waals surface area contributed by atoms with E-state index in [-0.39, 0.29) is 0 Å². The first-order valence-corrected chi connectivity index (χ1v) is 9.14. The Morgan fingerprint density at radius 3 is 2.92 bits per heavy atom. The molecular formula is C17H26N6O. The molecule has 4 rings (SSSR count). The van der Waals surface area contributed by atoms with Gasteiger partial charge in [0.1, 0.15) is 6.33 Å². The fraction of sp³-hybridized carbons (Fsp3) is 0.706. The third kappa shape index (κ3) is 3.37. The molecule has 0 spiro atoms. The summed E-state index contributed by atoms with van der Waals surface area (Å²) in [7, 11) is 0. The van der Waals surface area contributed by atoms with Crippen molar-refractivity contribution in [3.63, 3.8) is 0 Å². The number of hydrogen-bond acceptors (Lipinski definition) is 6. The molecule has 0 radical (unpaired) electrons. The highest BCUT2D eigenvalue weighted by Crippen LogP contribution is 2.22. The van der Waals surface area contributed by atoms with Gasteiger partial charge in [-0.2, -0.15) is 0 Å². The van der Waals surface area contributed by atoms with Gasteiger partial charge in [0.2, 0.25) is 0 Å². The lowest BCUT2D eigenvalue weighted by atomic mass is 10.0. The molecule has 0 aliphatic carbocycles. The minimum Gasteiger partial charge on any atom is -0.378 e. The van der Waals surface area contributed by atoms with Crippen LogP contribution in [0.15, 0.2) is 12.7 Å². The molecule has 7 heteroatoms. The van der Waals surface area contributed by atoms with E-state index in [1.807, 2.05) is 6.33 Å². The van der Waals surface area contributed by atoms with E-state index in [9.17, 15) is 0 Å². The summed E-state index contributed by atoms with van der Waals surface area (Å²) in [4.78, 5) is 15.8. The molecule has 0 aromatic carbocycles. The lowest BCUT2D eigenvalue weighted by Crippen LogP contribution is -2.37. The number of morpholine rings is 1. The summed E-state index contributed by atoms with van der Waals surface area (Å²) < 4.78 is 7.60. The molecule has 2 aromatic heterocycles. The monoisotopic (exact) mass is 330 g/mol. The maximum absolute atomic E-state index is 5.43. The number of rotatable bonds is 5. The number of anilines is 1. The minimum atomic E-state index is 0.687. The summed E-state index contributed by atoms with van der Waals surface area (Å²) >= 11 is 0. The lowest BCUT2D eigenvalue weighted by molar-refractivity contribution is 0.122. The molecule has 0 saturated carbocycles. The maximum atomic E-state index is 5.43. The van der Waals surface area contributed by atoms with E-state index < -0.39 is 0 Å². The Morgan fingerprint density at radius 2 is 2.08 bits per heavy atom. The SMILES string of the molecule is c1nc(N2CCOCC2)c2ncn(CCC[C@@H]3CCCCN3)c2n1. The van der Waals surface area contributed by atoms with Gasteiger partial charge in [-0.05, 0) is 32.2 Å². The van der Waals surface area contributed by atoms with Crippen molar-refractivity contribution in [2.45, 2.75) is 44.7 Å². The number of nitrogens with one attached hydrogen (secondary N) is 1. The Bertz CT molecular complexity index is 660. The summed E-state index contributed by atoms with van der Waals surface area (Å²) in [5.41, 5.74) is 1.86. The number of aromatic nitrogens is 4. The van der Waals surface area contributed by atoms with Crippen LogP contribution in [-0.2, 0) is 11.3 Å². The molecule has 2 aliphatic rings. The summed E-state index contributed by atoms with van der Waals surface area (Å²) in [6, 6.07) is 0.687. The highest BCUT2D eigenvalue weighted by molar-refractivity contribution is 5.83. The van der Waals surface area contributed by atoms with Gasteiger partial charge >= 0.3 is 0 Å². The number of aryl methyl sites for hydroxylation is 1. The number of hydrogen-bond donors (Lipinski definition) is 1. The standard InChI is InChI=1S/C17H26N6O/c1-2-6-18-14(4-1)5-3-7-23-13-21-15-16(19-12-20-17(15)23)22-8-10-24-11-9-22/h12-14,18H,1-11H2/t14-/m0/s1. The molecule has 2 saturated heterocycles. The van der Waals surface area contributed by atoms with Crippen molar-refractivity contribution in [3.05, 3.63) is 12.7 Å². The quantitative estimate of drug-likeness (QED) is 0.898. The first-order valence-electron chi connectivity index (χ1n) is 9.14. The number of nitrogens with zero attached hydrogens (tertiary/aromatic N) is 5. The Kier molecular flexibility index (Phi) is 4.89. The molecule has 24 heavy (non-hydrogen) atoms. The Morgan fingerprint density at radius 1 is 1.17 bits per heavy atom.